The van der Waals surface area contributed by atoms with Gasteiger partial charge in [0.25, 0.3) is 0 Å². The van der Waals surface area contributed by atoms with Crippen molar-refractivity contribution in [3.63, 3.8) is 0 Å². The number of likely N-dealkylation sites (N-methyl/N-ethyl adjacent to an activating group) is 1. The van der Waals surface area contributed by atoms with Crippen LogP contribution in [-0.4, -0.2) is 61.3 Å². The molecule has 0 saturated carbocycles. The Morgan fingerprint density at radius 2 is 1.83 bits per heavy atom. The van der Waals surface area contributed by atoms with Crippen molar-refractivity contribution in [1.29, 1.82) is 0 Å². The summed E-state index contributed by atoms with van der Waals surface area (Å²) >= 11 is 0. The van der Waals surface area contributed by atoms with Gasteiger partial charge in [-0.05, 0) is 55.4 Å². The molecule has 0 amide bonds. The number of alkyl halides is 1. The summed E-state index contributed by atoms with van der Waals surface area (Å²) in [4.78, 5) is 7.24. The van der Waals surface area contributed by atoms with Gasteiger partial charge in [0.15, 0.2) is 0 Å². The van der Waals surface area contributed by atoms with E-state index in [1.165, 1.54) is 5.57 Å². The van der Waals surface area contributed by atoms with Crippen molar-refractivity contribution in [3.05, 3.63) is 60.3 Å². The van der Waals surface area contributed by atoms with Gasteiger partial charge in [0.1, 0.15) is 18.2 Å². The molecule has 1 aliphatic rings. The molecule has 0 aliphatic carbocycles. The minimum absolute atomic E-state index is 0.338. The van der Waals surface area contributed by atoms with Gasteiger partial charge in [0.05, 0.1) is 17.1 Å². The third-order valence-electron chi connectivity index (χ3n) is 6.09. The molecule has 1 aromatic carbocycles. The molecule has 0 saturated heterocycles. The van der Waals surface area contributed by atoms with Crippen LogP contribution in [0.4, 0.5) is 4.39 Å². The smallest absolute Gasteiger partial charge is 0.228 e. The minimum Gasteiger partial charge on any atom is -0.463 e. The van der Waals surface area contributed by atoms with Crippen molar-refractivity contribution in [2.45, 2.75) is 38.8 Å². The van der Waals surface area contributed by atoms with Gasteiger partial charge in [-0.25, -0.2) is 14.1 Å². The van der Waals surface area contributed by atoms with E-state index in [-0.39, 0.29) is 0 Å². The summed E-state index contributed by atoms with van der Waals surface area (Å²) in [6.07, 6.45) is 3.24. The number of rotatable bonds is 10. The van der Waals surface area contributed by atoms with E-state index in [4.69, 9.17) is 19.6 Å². The Morgan fingerprint density at radius 3 is 2.57 bits per heavy atom. The zero-order chi connectivity index (χ0) is 24.8. The summed E-state index contributed by atoms with van der Waals surface area (Å²) in [6, 6.07) is 16.6. The first kappa shape index (κ1) is 25.3. The third-order valence-corrected chi connectivity index (χ3v) is 7.80. The quantitative estimate of drug-likeness (QED) is 0.258. The van der Waals surface area contributed by atoms with Gasteiger partial charge < -0.3 is 14.4 Å². The molecule has 0 unspecified atom stereocenters. The van der Waals surface area contributed by atoms with Crippen LogP contribution in [0.5, 0.6) is 5.75 Å². The molecule has 4 rings (SSSR count). The number of nitrogens with zero attached hydrogens (tertiary/aromatic N) is 4. The normalized spacial score (nSPS) is 14.7. The monoisotopic (exact) mass is 494 g/mol. The standard InChI is InChI=1S/C27H35FN4O2Si/c1-31-13-11-21(12-14-31)24-9-6-10-25(29-24)26-18-27(22-7-5-8-23(17-22)34-19-28)32(30-26)20-33-15-16-35(2,3)4/h5-11,17-18H,12-16,19-20H2,1-4H3. The van der Waals surface area contributed by atoms with E-state index in [1.54, 1.807) is 6.07 Å². The van der Waals surface area contributed by atoms with Crippen LogP contribution in [0.3, 0.4) is 0 Å². The molecule has 0 bridgehead atoms. The van der Waals surface area contributed by atoms with Crippen molar-refractivity contribution < 1.29 is 13.9 Å². The molecule has 0 atom stereocenters. The summed E-state index contributed by atoms with van der Waals surface area (Å²) in [7, 11) is 0.940. The second-order valence-electron chi connectivity index (χ2n) is 10.2. The lowest BCUT2D eigenvalue weighted by Crippen LogP contribution is -2.23. The number of benzene rings is 1. The molecule has 3 aromatic rings. The molecule has 2 aromatic heterocycles. The largest absolute Gasteiger partial charge is 0.463 e. The van der Waals surface area contributed by atoms with E-state index in [1.807, 2.05) is 41.1 Å². The zero-order valence-corrected chi connectivity index (χ0v) is 22.1. The van der Waals surface area contributed by atoms with E-state index in [0.29, 0.717) is 19.1 Å². The van der Waals surface area contributed by atoms with Crippen LogP contribution >= 0.6 is 0 Å². The molecule has 0 fully saturated rings. The molecule has 1 aliphatic heterocycles. The molecule has 0 radical (unpaired) electrons. The minimum atomic E-state index is -1.19. The fourth-order valence-corrected chi connectivity index (χ4v) is 4.73. The highest BCUT2D eigenvalue weighted by Crippen LogP contribution is 2.29. The molecule has 186 valence electrons. The third kappa shape index (κ3) is 6.87. The zero-order valence-electron chi connectivity index (χ0n) is 21.1. The fourth-order valence-electron chi connectivity index (χ4n) is 3.97. The van der Waals surface area contributed by atoms with Gasteiger partial charge in [-0.1, -0.05) is 43.9 Å². The van der Waals surface area contributed by atoms with Crippen LogP contribution < -0.4 is 4.74 Å². The van der Waals surface area contributed by atoms with Crippen molar-refractivity contribution in [2.75, 3.05) is 33.6 Å². The summed E-state index contributed by atoms with van der Waals surface area (Å²) in [5, 5.41) is 4.86. The number of aromatic nitrogens is 3. The van der Waals surface area contributed by atoms with Crippen LogP contribution in [0, 0.1) is 0 Å². The van der Waals surface area contributed by atoms with E-state index in [0.717, 1.165) is 53.9 Å². The predicted molar refractivity (Wildman–Crippen MR) is 142 cm³/mol. The number of hydrogen-bond donors (Lipinski definition) is 0. The molecule has 8 heteroatoms. The summed E-state index contributed by atoms with van der Waals surface area (Å²) < 4.78 is 25.7. The fraction of sp³-hybridized carbons (Fsp3) is 0.407. The van der Waals surface area contributed by atoms with Crippen LogP contribution in [0.2, 0.25) is 25.7 Å². The average Bonchev–Trinajstić information content (AvgIpc) is 3.27. The topological polar surface area (TPSA) is 52.4 Å². The van der Waals surface area contributed by atoms with Crippen molar-refractivity contribution in [3.8, 4) is 28.4 Å². The highest BCUT2D eigenvalue weighted by atomic mass is 28.3. The molecule has 3 heterocycles. The predicted octanol–water partition coefficient (Wildman–Crippen LogP) is 5.95. The van der Waals surface area contributed by atoms with Gasteiger partial charge >= 0.3 is 0 Å². The van der Waals surface area contributed by atoms with Crippen LogP contribution in [0.1, 0.15) is 12.1 Å². The highest BCUT2D eigenvalue weighted by Gasteiger charge is 2.17. The first-order valence-electron chi connectivity index (χ1n) is 12.1. The Hall–Kier alpha value is -2.81. The summed E-state index contributed by atoms with van der Waals surface area (Å²) in [6.45, 7) is 9.15. The number of pyridine rings is 1. The Labute approximate surface area is 208 Å². The lowest BCUT2D eigenvalue weighted by molar-refractivity contribution is 0.0799. The maximum absolute atomic E-state index is 12.8. The lowest BCUT2D eigenvalue weighted by atomic mass is 10.0. The highest BCUT2D eigenvalue weighted by molar-refractivity contribution is 6.76. The number of ether oxygens (including phenoxy) is 2. The molecule has 0 N–H and O–H groups in total. The Bertz CT molecular complexity index is 1170. The first-order valence-corrected chi connectivity index (χ1v) is 15.8. The van der Waals surface area contributed by atoms with Crippen LogP contribution in [-0.2, 0) is 11.5 Å². The Morgan fingerprint density at radius 1 is 1.03 bits per heavy atom. The van der Waals surface area contributed by atoms with Crippen molar-refractivity contribution >= 4 is 13.6 Å². The second-order valence-corrected chi connectivity index (χ2v) is 15.8. The van der Waals surface area contributed by atoms with Gasteiger partial charge in [-0.2, -0.15) is 5.10 Å². The van der Waals surface area contributed by atoms with E-state index in [2.05, 4.69) is 43.7 Å². The summed E-state index contributed by atoms with van der Waals surface area (Å²) in [5.74, 6) is 0.480. The van der Waals surface area contributed by atoms with Gasteiger partial charge in [-0.15, -0.1) is 0 Å². The van der Waals surface area contributed by atoms with E-state index < -0.39 is 14.9 Å². The molecule has 6 nitrogen and oxygen atoms in total. The molecule has 35 heavy (non-hydrogen) atoms. The molecular formula is C27H35FN4O2Si. The SMILES string of the molecule is CN1CC=C(c2cccc(-c3cc(-c4cccc(OCF)c4)n(COCC[Si](C)(C)C)n3)n2)CC1. The first-order chi connectivity index (χ1) is 16.8. The lowest BCUT2D eigenvalue weighted by Gasteiger charge is -2.21. The van der Waals surface area contributed by atoms with Gasteiger partial charge in [0.2, 0.25) is 6.86 Å². The maximum Gasteiger partial charge on any atom is 0.228 e. The number of halogens is 1. The molecular weight excluding hydrogens is 459 g/mol. The second kappa shape index (κ2) is 11.3. The number of hydrogen-bond acceptors (Lipinski definition) is 5. The molecule has 0 spiro atoms. The van der Waals surface area contributed by atoms with E-state index in [9.17, 15) is 4.39 Å². The van der Waals surface area contributed by atoms with Crippen LogP contribution in [0.25, 0.3) is 28.2 Å². The van der Waals surface area contributed by atoms with Crippen LogP contribution in [0.15, 0.2) is 54.6 Å². The Kier molecular flexibility index (Phi) is 8.15. The average molecular weight is 495 g/mol. The Balaban J connectivity index is 1.64. The van der Waals surface area contributed by atoms with Crippen molar-refractivity contribution in [2.24, 2.45) is 0 Å². The van der Waals surface area contributed by atoms with E-state index >= 15 is 0 Å². The summed E-state index contributed by atoms with van der Waals surface area (Å²) in [5.41, 5.74) is 5.63. The van der Waals surface area contributed by atoms with Gasteiger partial charge in [-0.3, -0.25) is 0 Å². The maximum atomic E-state index is 12.8. The van der Waals surface area contributed by atoms with Gasteiger partial charge in [0, 0.05) is 33.3 Å². The van der Waals surface area contributed by atoms with Crippen molar-refractivity contribution in [1.82, 2.24) is 19.7 Å².